The molecule has 2 heterocycles. The van der Waals surface area contributed by atoms with Crippen LogP contribution < -0.4 is 9.64 Å². The predicted molar refractivity (Wildman–Crippen MR) is 97.9 cm³/mol. The normalized spacial score (nSPS) is 17.0. The van der Waals surface area contributed by atoms with Crippen LogP contribution >= 0.6 is 11.3 Å². The topological polar surface area (TPSA) is 41.9 Å². The van der Waals surface area contributed by atoms with E-state index in [1.807, 2.05) is 31.3 Å². The maximum Gasteiger partial charge on any atom is 0.249 e. The minimum Gasteiger partial charge on any atom is -0.497 e. The first kappa shape index (κ1) is 15.4. The Morgan fingerprint density at radius 2 is 1.92 bits per heavy atom. The van der Waals surface area contributed by atoms with Crippen molar-refractivity contribution in [3.8, 4) is 5.75 Å². The van der Waals surface area contributed by atoms with Gasteiger partial charge in [0, 0.05) is 23.1 Å². The SMILES string of the molecule is COc1ccc(C2=NCC(=O)N(C)c3sc4c(c32)CCCC4)cc1. The number of carbonyl (C=O) groups excluding carboxylic acids is 1. The Morgan fingerprint density at radius 3 is 2.67 bits per heavy atom. The number of amides is 1. The van der Waals surface area contributed by atoms with E-state index in [1.54, 1.807) is 23.3 Å². The van der Waals surface area contributed by atoms with Gasteiger partial charge in [-0.15, -0.1) is 11.3 Å². The zero-order valence-corrected chi connectivity index (χ0v) is 14.8. The van der Waals surface area contributed by atoms with Crippen LogP contribution in [0.25, 0.3) is 0 Å². The summed E-state index contributed by atoms with van der Waals surface area (Å²) in [6.45, 7) is 0.202. The van der Waals surface area contributed by atoms with E-state index in [0.717, 1.165) is 34.9 Å². The third-order valence-electron chi connectivity index (χ3n) is 4.80. The summed E-state index contributed by atoms with van der Waals surface area (Å²) in [5.41, 5.74) is 4.57. The van der Waals surface area contributed by atoms with E-state index >= 15 is 0 Å². The van der Waals surface area contributed by atoms with Gasteiger partial charge in [0.05, 0.1) is 12.8 Å². The van der Waals surface area contributed by atoms with Crippen LogP contribution in [0.5, 0.6) is 5.75 Å². The molecule has 0 unspecified atom stereocenters. The zero-order chi connectivity index (χ0) is 16.7. The summed E-state index contributed by atoms with van der Waals surface area (Å²) in [6.07, 6.45) is 4.64. The summed E-state index contributed by atoms with van der Waals surface area (Å²) in [5, 5.41) is 1.05. The van der Waals surface area contributed by atoms with Gasteiger partial charge < -0.3 is 9.64 Å². The van der Waals surface area contributed by atoms with Crippen LogP contribution in [-0.4, -0.2) is 32.3 Å². The zero-order valence-electron chi connectivity index (χ0n) is 14.0. The standard InChI is InChI=1S/C19H20N2O2S/c1-21-16(22)11-20-18(12-7-9-13(23-2)10-8-12)17-14-5-3-4-6-15(14)24-19(17)21/h7-10H,3-6,11H2,1-2H3. The highest BCUT2D eigenvalue weighted by Crippen LogP contribution is 2.42. The fraction of sp³-hybridized carbons (Fsp3) is 0.368. The number of likely N-dealkylation sites (N-methyl/N-ethyl adjacent to an activating group) is 1. The smallest absolute Gasteiger partial charge is 0.249 e. The van der Waals surface area contributed by atoms with Gasteiger partial charge in [0.15, 0.2) is 0 Å². The minimum absolute atomic E-state index is 0.0540. The molecule has 5 heteroatoms. The molecule has 24 heavy (non-hydrogen) atoms. The average Bonchev–Trinajstić information content (AvgIpc) is 2.95. The Morgan fingerprint density at radius 1 is 1.17 bits per heavy atom. The highest BCUT2D eigenvalue weighted by atomic mass is 32.1. The van der Waals surface area contributed by atoms with Gasteiger partial charge in [-0.3, -0.25) is 9.79 Å². The Labute approximate surface area is 145 Å². The van der Waals surface area contributed by atoms with Crippen LogP contribution in [0.1, 0.15) is 34.4 Å². The van der Waals surface area contributed by atoms with E-state index in [1.165, 1.54) is 28.8 Å². The molecule has 0 saturated heterocycles. The van der Waals surface area contributed by atoms with Gasteiger partial charge in [-0.05, 0) is 55.5 Å². The van der Waals surface area contributed by atoms with Crippen molar-refractivity contribution in [1.82, 2.24) is 0 Å². The Balaban J connectivity index is 1.89. The lowest BCUT2D eigenvalue weighted by Gasteiger charge is -2.16. The summed E-state index contributed by atoms with van der Waals surface area (Å²) in [6, 6.07) is 7.97. The second kappa shape index (κ2) is 6.06. The van der Waals surface area contributed by atoms with Gasteiger partial charge in [-0.2, -0.15) is 0 Å². The summed E-state index contributed by atoms with van der Waals surface area (Å²) >= 11 is 1.77. The maximum absolute atomic E-state index is 12.4. The van der Waals surface area contributed by atoms with Gasteiger partial charge in [0.2, 0.25) is 5.91 Å². The second-order valence-electron chi connectivity index (χ2n) is 6.24. The number of aliphatic imine (C=N–C) groups is 1. The number of ether oxygens (including phenoxy) is 1. The average molecular weight is 340 g/mol. The van der Waals surface area contributed by atoms with E-state index in [4.69, 9.17) is 9.73 Å². The molecule has 0 saturated carbocycles. The molecule has 1 aromatic heterocycles. The van der Waals surface area contributed by atoms with Crippen LogP contribution in [0.15, 0.2) is 29.3 Å². The summed E-state index contributed by atoms with van der Waals surface area (Å²) in [7, 11) is 3.54. The number of methoxy groups -OCH3 is 1. The lowest BCUT2D eigenvalue weighted by molar-refractivity contribution is -0.116. The van der Waals surface area contributed by atoms with E-state index in [9.17, 15) is 4.79 Å². The third-order valence-corrected chi connectivity index (χ3v) is 6.17. The van der Waals surface area contributed by atoms with Crippen molar-refractivity contribution in [1.29, 1.82) is 0 Å². The molecule has 0 radical (unpaired) electrons. The molecule has 4 rings (SSSR count). The van der Waals surface area contributed by atoms with Crippen LogP contribution in [0.3, 0.4) is 0 Å². The number of hydrogen-bond donors (Lipinski definition) is 0. The van der Waals surface area contributed by atoms with E-state index < -0.39 is 0 Å². The lowest BCUT2D eigenvalue weighted by Crippen LogP contribution is -2.26. The lowest BCUT2D eigenvalue weighted by atomic mass is 9.91. The Kier molecular flexibility index (Phi) is 3.88. The highest BCUT2D eigenvalue weighted by Gasteiger charge is 2.30. The van der Waals surface area contributed by atoms with Crippen molar-refractivity contribution in [2.75, 3.05) is 25.6 Å². The predicted octanol–water partition coefficient (Wildman–Crippen LogP) is 3.45. The number of anilines is 1. The first-order chi connectivity index (χ1) is 11.7. The molecule has 4 nitrogen and oxygen atoms in total. The van der Waals surface area contributed by atoms with Crippen LogP contribution in [0.4, 0.5) is 5.00 Å². The molecule has 1 aliphatic carbocycles. The fourth-order valence-electron chi connectivity index (χ4n) is 3.46. The van der Waals surface area contributed by atoms with Crippen molar-refractivity contribution in [3.63, 3.8) is 0 Å². The Hall–Kier alpha value is -2.14. The molecule has 0 atom stereocenters. The molecule has 2 aliphatic rings. The summed E-state index contributed by atoms with van der Waals surface area (Å²) in [4.78, 5) is 20.3. The van der Waals surface area contributed by atoms with Crippen molar-refractivity contribution in [2.24, 2.45) is 4.99 Å². The summed E-state index contributed by atoms with van der Waals surface area (Å²) in [5.74, 6) is 0.882. The maximum atomic E-state index is 12.4. The van der Waals surface area contributed by atoms with Gasteiger partial charge in [0.25, 0.3) is 0 Å². The molecule has 1 amide bonds. The van der Waals surface area contributed by atoms with Gasteiger partial charge >= 0.3 is 0 Å². The fourth-order valence-corrected chi connectivity index (χ4v) is 4.83. The van der Waals surface area contributed by atoms with Crippen LogP contribution in [-0.2, 0) is 17.6 Å². The van der Waals surface area contributed by atoms with Crippen molar-refractivity contribution in [3.05, 3.63) is 45.8 Å². The van der Waals surface area contributed by atoms with Gasteiger partial charge in [-0.25, -0.2) is 0 Å². The van der Waals surface area contributed by atoms with Crippen molar-refractivity contribution < 1.29 is 9.53 Å². The number of benzene rings is 1. The third kappa shape index (κ3) is 2.44. The molecular formula is C19H20N2O2S. The van der Waals surface area contributed by atoms with E-state index in [-0.39, 0.29) is 12.5 Å². The number of carbonyl (C=O) groups is 1. The first-order valence-electron chi connectivity index (χ1n) is 8.29. The number of fused-ring (bicyclic) bond motifs is 3. The van der Waals surface area contributed by atoms with Gasteiger partial charge in [0.1, 0.15) is 17.3 Å². The minimum atomic E-state index is 0.0540. The number of aryl methyl sites for hydroxylation is 1. The number of thiophene rings is 1. The first-order valence-corrected chi connectivity index (χ1v) is 9.11. The number of hydrogen-bond acceptors (Lipinski definition) is 4. The number of rotatable bonds is 2. The van der Waals surface area contributed by atoms with Crippen molar-refractivity contribution in [2.45, 2.75) is 25.7 Å². The Bertz CT molecular complexity index is 821. The van der Waals surface area contributed by atoms with Crippen LogP contribution in [0, 0.1) is 0 Å². The second-order valence-corrected chi connectivity index (χ2v) is 7.32. The van der Waals surface area contributed by atoms with E-state index in [2.05, 4.69) is 0 Å². The van der Waals surface area contributed by atoms with E-state index in [0.29, 0.717) is 0 Å². The molecule has 0 N–H and O–H groups in total. The molecule has 124 valence electrons. The largest absolute Gasteiger partial charge is 0.497 e. The molecule has 2 aromatic rings. The molecule has 1 aliphatic heterocycles. The van der Waals surface area contributed by atoms with Crippen LogP contribution in [0.2, 0.25) is 0 Å². The number of nitrogens with zero attached hydrogens (tertiary/aromatic N) is 2. The monoisotopic (exact) mass is 340 g/mol. The molecule has 0 bridgehead atoms. The molecular weight excluding hydrogens is 320 g/mol. The summed E-state index contributed by atoms with van der Waals surface area (Å²) < 4.78 is 5.26. The molecule has 1 aromatic carbocycles. The quantitative estimate of drug-likeness (QED) is 0.840. The van der Waals surface area contributed by atoms with Crippen molar-refractivity contribution >= 4 is 28.0 Å². The molecule has 0 spiro atoms. The molecule has 0 fully saturated rings. The van der Waals surface area contributed by atoms with Gasteiger partial charge in [-0.1, -0.05) is 0 Å². The highest BCUT2D eigenvalue weighted by molar-refractivity contribution is 7.17.